The van der Waals surface area contributed by atoms with E-state index >= 15 is 0 Å². The molecule has 1 saturated heterocycles. The van der Waals surface area contributed by atoms with Gasteiger partial charge in [-0.15, -0.1) is 0 Å². The van der Waals surface area contributed by atoms with Gasteiger partial charge in [-0.2, -0.15) is 17.9 Å². The van der Waals surface area contributed by atoms with Crippen molar-refractivity contribution in [1.82, 2.24) is 9.62 Å². The lowest BCUT2D eigenvalue weighted by Crippen LogP contribution is -2.41. The molecular formula is C27H27F3N4O5S. The third kappa shape index (κ3) is 7.90. The van der Waals surface area contributed by atoms with Crippen molar-refractivity contribution >= 4 is 27.7 Å². The zero-order chi connectivity index (χ0) is 29.7. The van der Waals surface area contributed by atoms with Gasteiger partial charge in [0.15, 0.2) is 0 Å². The summed E-state index contributed by atoms with van der Waals surface area (Å²) in [4.78, 5) is 23.5. The van der Waals surface area contributed by atoms with Crippen LogP contribution in [0.1, 0.15) is 23.1 Å². The minimum atomic E-state index is -5.08. The molecule has 0 aromatic heterocycles. The van der Waals surface area contributed by atoms with Gasteiger partial charge in [0.25, 0.3) is 0 Å². The lowest BCUT2D eigenvalue weighted by Gasteiger charge is -2.18. The Morgan fingerprint density at radius 3 is 2.27 bits per heavy atom. The van der Waals surface area contributed by atoms with E-state index in [1.807, 2.05) is 37.3 Å². The molecule has 1 amide bonds. The Morgan fingerprint density at radius 1 is 1.07 bits per heavy atom. The minimum Gasteiger partial charge on any atom is -0.475 e. The molecule has 40 heavy (non-hydrogen) atoms. The van der Waals surface area contributed by atoms with E-state index in [1.54, 1.807) is 47.4 Å². The predicted molar refractivity (Wildman–Crippen MR) is 142 cm³/mol. The number of carboxylic acid groups (broad SMARTS) is 1. The Morgan fingerprint density at radius 2 is 1.70 bits per heavy atom. The summed E-state index contributed by atoms with van der Waals surface area (Å²) in [6, 6.07) is 21.0. The number of sulfonamides is 1. The van der Waals surface area contributed by atoms with E-state index in [2.05, 4.69) is 4.72 Å². The minimum absolute atomic E-state index is 0.0383. The number of amidine groups is 1. The van der Waals surface area contributed by atoms with Crippen molar-refractivity contribution in [2.45, 2.75) is 37.0 Å². The van der Waals surface area contributed by atoms with Crippen LogP contribution in [0, 0.1) is 12.3 Å². The number of amides is 1. The Balaban J connectivity index is 0.000000559. The number of nitrogens with zero attached hydrogens (tertiary/aromatic N) is 1. The Labute approximate surface area is 229 Å². The van der Waals surface area contributed by atoms with Crippen LogP contribution < -0.4 is 10.5 Å². The van der Waals surface area contributed by atoms with Gasteiger partial charge in [-0.3, -0.25) is 10.2 Å². The third-order valence-corrected chi connectivity index (χ3v) is 7.45. The van der Waals surface area contributed by atoms with Gasteiger partial charge < -0.3 is 15.7 Å². The Bertz CT molecular complexity index is 1510. The number of carbonyl (C=O) groups excluding carboxylic acids is 1. The monoisotopic (exact) mass is 576 g/mol. The molecular weight excluding hydrogens is 549 g/mol. The lowest BCUT2D eigenvalue weighted by atomic mass is 10.0. The predicted octanol–water partition coefficient (Wildman–Crippen LogP) is 3.66. The third-order valence-electron chi connectivity index (χ3n) is 5.96. The van der Waals surface area contributed by atoms with Crippen LogP contribution in [-0.2, 0) is 26.2 Å². The average molecular weight is 577 g/mol. The van der Waals surface area contributed by atoms with Crippen LogP contribution in [0.25, 0.3) is 11.1 Å². The first-order valence-corrected chi connectivity index (χ1v) is 13.4. The molecule has 1 fully saturated rings. The fourth-order valence-corrected chi connectivity index (χ4v) is 5.19. The van der Waals surface area contributed by atoms with E-state index in [-0.39, 0.29) is 16.6 Å². The molecule has 1 aliphatic rings. The number of nitrogen functional groups attached to an aromatic ring is 1. The zero-order valence-electron chi connectivity index (χ0n) is 21.3. The highest BCUT2D eigenvalue weighted by molar-refractivity contribution is 7.89. The average Bonchev–Trinajstić information content (AvgIpc) is 3.22. The van der Waals surface area contributed by atoms with Crippen LogP contribution in [0.3, 0.4) is 0 Å². The SMILES string of the molecule is Cc1cccc(-c2ccc(S(=O)(=O)N[C@H]3CCN(Cc4cccc(C(=N)N)c4)C3=O)cc2)c1.O=C(O)C(F)(F)F. The van der Waals surface area contributed by atoms with Crippen molar-refractivity contribution in [3.05, 3.63) is 89.5 Å². The summed E-state index contributed by atoms with van der Waals surface area (Å²) >= 11 is 0. The number of nitrogens with one attached hydrogen (secondary N) is 2. The van der Waals surface area contributed by atoms with E-state index in [0.29, 0.717) is 25.1 Å². The molecule has 0 bridgehead atoms. The van der Waals surface area contributed by atoms with E-state index in [0.717, 1.165) is 22.3 Å². The van der Waals surface area contributed by atoms with Crippen molar-refractivity contribution in [3.8, 4) is 11.1 Å². The molecule has 212 valence electrons. The summed E-state index contributed by atoms with van der Waals surface area (Å²) < 4.78 is 60.1. The summed E-state index contributed by atoms with van der Waals surface area (Å²) in [6.45, 7) is 2.79. The first-order chi connectivity index (χ1) is 18.7. The number of nitrogens with two attached hydrogens (primary N) is 1. The highest BCUT2D eigenvalue weighted by Gasteiger charge is 2.38. The molecule has 0 saturated carbocycles. The fourth-order valence-electron chi connectivity index (χ4n) is 3.97. The molecule has 3 aromatic rings. The van der Waals surface area contributed by atoms with Gasteiger partial charge in [0.1, 0.15) is 11.9 Å². The molecule has 0 radical (unpaired) electrons. The van der Waals surface area contributed by atoms with E-state index in [1.165, 1.54) is 0 Å². The molecule has 13 heteroatoms. The quantitative estimate of drug-likeness (QED) is 0.249. The maximum atomic E-state index is 12.9. The number of halogens is 3. The van der Waals surface area contributed by atoms with Crippen molar-refractivity contribution in [2.75, 3.05) is 6.54 Å². The summed E-state index contributed by atoms with van der Waals surface area (Å²) in [6.07, 6.45) is -4.69. The van der Waals surface area contributed by atoms with E-state index in [9.17, 15) is 26.4 Å². The first kappa shape index (κ1) is 30.3. The highest BCUT2D eigenvalue weighted by Crippen LogP contribution is 2.23. The topological polar surface area (TPSA) is 154 Å². The molecule has 1 atom stereocenters. The Kier molecular flexibility index (Phi) is 9.32. The number of benzene rings is 3. The van der Waals surface area contributed by atoms with Crippen LogP contribution in [-0.4, -0.2) is 54.9 Å². The van der Waals surface area contributed by atoms with Gasteiger partial charge in [-0.25, -0.2) is 13.2 Å². The number of aryl methyl sites for hydroxylation is 1. The van der Waals surface area contributed by atoms with Crippen LogP contribution in [0.2, 0.25) is 0 Å². The van der Waals surface area contributed by atoms with Crippen LogP contribution in [0.4, 0.5) is 13.2 Å². The van der Waals surface area contributed by atoms with Crippen LogP contribution in [0.15, 0.2) is 77.7 Å². The molecule has 1 heterocycles. The maximum absolute atomic E-state index is 12.9. The van der Waals surface area contributed by atoms with E-state index in [4.69, 9.17) is 21.0 Å². The zero-order valence-corrected chi connectivity index (χ0v) is 22.1. The number of hydrogen-bond acceptors (Lipinski definition) is 5. The van der Waals surface area contributed by atoms with Gasteiger partial charge in [0.05, 0.1) is 4.90 Å². The van der Waals surface area contributed by atoms with Gasteiger partial charge in [0, 0.05) is 18.7 Å². The number of likely N-dealkylation sites (tertiary alicyclic amines) is 1. The number of carbonyl (C=O) groups is 2. The number of hydrogen-bond donors (Lipinski definition) is 4. The first-order valence-electron chi connectivity index (χ1n) is 11.9. The standard InChI is InChI=1S/C25H26N4O3S.C2HF3O2/c1-17-4-2-6-20(14-17)19-8-10-22(11-9-19)33(31,32)28-23-12-13-29(25(23)30)16-18-5-3-7-21(15-18)24(26)27;3-2(4,5)1(6)7/h2-11,14-15,23,28H,12-13,16H2,1H3,(H3,26,27);(H,6,7)/t23-;/m0./s1. The highest BCUT2D eigenvalue weighted by atomic mass is 32.2. The normalized spacial score (nSPS) is 15.3. The Hall–Kier alpha value is -4.23. The molecule has 4 rings (SSSR count). The molecule has 1 aliphatic heterocycles. The second-order valence-corrected chi connectivity index (χ2v) is 10.7. The number of carboxylic acids is 1. The molecule has 9 nitrogen and oxygen atoms in total. The van der Waals surface area contributed by atoms with Crippen LogP contribution >= 0.6 is 0 Å². The van der Waals surface area contributed by atoms with Crippen LogP contribution in [0.5, 0.6) is 0 Å². The molecule has 0 spiro atoms. The molecule has 0 unspecified atom stereocenters. The summed E-state index contributed by atoms with van der Waals surface area (Å²) in [5.74, 6) is -3.06. The summed E-state index contributed by atoms with van der Waals surface area (Å²) in [5.41, 5.74) is 10.0. The second kappa shape index (κ2) is 12.3. The largest absolute Gasteiger partial charge is 0.490 e. The fraction of sp³-hybridized carbons (Fsp3) is 0.222. The van der Waals surface area contributed by atoms with Crippen molar-refractivity contribution < 1.29 is 36.3 Å². The molecule has 0 aliphatic carbocycles. The van der Waals surface area contributed by atoms with Gasteiger partial charge >= 0.3 is 12.1 Å². The smallest absolute Gasteiger partial charge is 0.475 e. The van der Waals surface area contributed by atoms with Crippen molar-refractivity contribution in [3.63, 3.8) is 0 Å². The summed E-state index contributed by atoms with van der Waals surface area (Å²) in [7, 11) is -3.84. The lowest BCUT2D eigenvalue weighted by molar-refractivity contribution is -0.192. The van der Waals surface area contributed by atoms with Gasteiger partial charge in [-0.05, 0) is 48.2 Å². The maximum Gasteiger partial charge on any atom is 0.490 e. The summed E-state index contributed by atoms with van der Waals surface area (Å²) in [5, 5.41) is 14.7. The van der Waals surface area contributed by atoms with Gasteiger partial charge in [0.2, 0.25) is 15.9 Å². The van der Waals surface area contributed by atoms with Crippen molar-refractivity contribution in [2.24, 2.45) is 5.73 Å². The van der Waals surface area contributed by atoms with Crippen molar-refractivity contribution in [1.29, 1.82) is 5.41 Å². The number of rotatable bonds is 7. The number of aliphatic carboxylic acids is 1. The second-order valence-electron chi connectivity index (χ2n) is 9.03. The van der Waals surface area contributed by atoms with E-state index < -0.39 is 28.2 Å². The number of alkyl halides is 3. The molecule has 5 N–H and O–H groups in total. The van der Waals surface area contributed by atoms with Gasteiger partial charge in [-0.1, -0.05) is 60.2 Å². The molecule has 3 aromatic carbocycles.